The van der Waals surface area contributed by atoms with Crippen molar-refractivity contribution >= 4 is 40.9 Å². The molecule has 0 radical (unpaired) electrons. The third-order valence-corrected chi connectivity index (χ3v) is 4.16. The van der Waals surface area contributed by atoms with Gasteiger partial charge in [-0.3, -0.25) is 4.79 Å². The number of terminal acetylenes is 1. The summed E-state index contributed by atoms with van der Waals surface area (Å²) in [7, 11) is 0. The van der Waals surface area contributed by atoms with Crippen LogP contribution in [-0.2, 0) is 4.79 Å². The van der Waals surface area contributed by atoms with E-state index in [0.29, 0.717) is 27.0 Å². The number of nitriles is 1. The Hall–Kier alpha value is -2.92. The zero-order chi connectivity index (χ0) is 19.1. The van der Waals surface area contributed by atoms with Crippen LogP contribution in [0.2, 0.25) is 10.0 Å². The summed E-state index contributed by atoms with van der Waals surface area (Å²) in [5, 5.41) is 12.9. The predicted octanol–water partition coefficient (Wildman–Crippen LogP) is 4.86. The molecule has 0 spiro atoms. The predicted molar refractivity (Wildman–Crippen MR) is 104 cm³/mol. The molecule has 26 heavy (non-hydrogen) atoms. The Morgan fingerprint density at radius 3 is 2.73 bits per heavy atom. The van der Waals surface area contributed by atoms with E-state index in [1.807, 2.05) is 6.07 Å². The summed E-state index contributed by atoms with van der Waals surface area (Å²) >= 11 is 12.2. The highest BCUT2D eigenvalue weighted by Gasteiger charge is 2.12. The zero-order valence-corrected chi connectivity index (χ0v) is 15.4. The Kier molecular flexibility index (Phi) is 6.69. The molecule has 2 rings (SSSR count). The Morgan fingerprint density at radius 1 is 1.31 bits per heavy atom. The highest BCUT2D eigenvalue weighted by molar-refractivity contribution is 6.32. The molecule has 2 aromatic carbocycles. The van der Waals surface area contributed by atoms with Crippen molar-refractivity contribution in [2.24, 2.45) is 0 Å². The van der Waals surface area contributed by atoms with E-state index in [9.17, 15) is 10.1 Å². The van der Waals surface area contributed by atoms with Gasteiger partial charge >= 0.3 is 0 Å². The molecule has 0 unspecified atom stereocenters. The van der Waals surface area contributed by atoms with Crippen molar-refractivity contribution in [3.8, 4) is 24.2 Å². The standard InChI is InChI=1S/C20H14Cl2N2O2/c1-3-9-26-19-8-7-14(11-17(19)22)10-15(12-23)20(25)24-18-6-4-5-16(21)13(18)2/h1,4-8,10-11H,9H2,2H3,(H,24,25)/b15-10+. The van der Waals surface area contributed by atoms with Gasteiger partial charge in [-0.05, 0) is 48.4 Å². The van der Waals surface area contributed by atoms with Crippen LogP contribution in [0.1, 0.15) is 11.1 Å². The number of hydrogen-bond donors (Lipinski definition) is 1. The summed E-state index contributed by atoms with van der Waals surface area (Å²) in [4.78, 5) is 12.4. The first-order valence-electron chi connectivity index (χ1n) is 7.50. The molecule has 0 fully saturated rings. The average molecular weight is 385 g/mol. The molecule has 1 N–H and O–H groups in total. The fraction of sp³-hybridized carbons (Fsp3) is 0.100. The van der Waals surface area contributed by atoms with Crippen LogP contribution in [-0.4, -0.2) is 12.5 Å². The molecule has 0 saturated carbocycles. The number of carbonyl (C=O) groups is 1. The van der Waals surface area contributed by atoms with Crippen LogP contribution in [0.15, 0.2) is 42.0 Å². The van der Waals surface area contributed by atoms with Gasteiger partial charge in [-0.25, -0.2) is 0 Å². The number of hydrogen-bond acceptors (Lipinski definition) is 3. The van der Waals surface area contributed by atoms with Crippen LogP contribution < -0.4 is 10.1 Å². The SMILES string of the molecule is C#CCOc1ccc(/C=C(\C#N)C(=O)Nc2cccc(Cl)c2C)cc1Cl. The maximum atomic E-state index is 12.4. The van der Waals surface area contributed by atoms with E-state index >= 15 is 0 Å². The summed E-state index contributed by atoms with van der Waals surface area (Å²) in [6.07, 6.45) is 6.58. The summed E-state index contributed by atoms with van der Waals surface area (Å²) in [5.74, 6) is 2.24. The molecule has 2 aromatic rings. The van der Waals surface area contributed by atoms with Crippen molar-refractivity contribution in [3.63, 3.8) is 0 Å². The van der Waals surface area contributed by atoms with Gasteiger partial charge in [0.1, 0.15) is 24.0 Å². The number of nitrogens with zero attached hydrogens (tertiary/aromatic N) is 1. The lowest BCUT2D eigenvalue weighted by Crippen LogP contribution is -2.14. The van der Waals surface area contributed by atoms with Crippen molar-refractivity contribution in [3.05, 3.63) is 63.1 Å². The zero-order valence-electron chi connectivity index (χ0n) is 13.8. The largest absolute Gasteiger partial charge is 0.479 e. The van der Waals surface area contributed by atoms with Crippen LogP contribution in [0.5, 0.6) is 5.75 Å². The lowest BCUT2D eigenvalue weighted by atomic mass is 10.1. The van der Waals surface area contributed by atoms with Gasteiger partial charge in [0.05, 0.1) is 5.02 Å². The first kappa shape index (κ1) is 19.4. The van der Waals surface area contributed by atoms with E-state index in [1.165, 1.54) is 6.08 Å². The second-order valence-corrected chi connectivity index (χ2v) is 6.03. The van der Waals surface area contributed by atoms with Gasteiger partial charge in [-0.15, -0.1) is 6.42 Å². The van der Waals surface area contributed by atoms with E-state index < -0.39 is 5.91 Å². The summed E-state index contributed by atoms with van der Waals surface area (Å²) in [5.41, 5.74) is 1.77. The molecule has 0 aliphatic heterocycles. The lowest BCUT2D eigenvalue weighted by molar-refractivity contribution is -0.112. The molecule has 0 atom stereocenters. The molecule has 0 aliphatic rings. The third kappa shape index (κ3) is 4.80. The van der Waals surface area contributed by atoms with Gasteiger partial charge in [0.15, 0.2) is 0 Å². The van der Waals surface area contributed by atoms with Gasteiger partial charge in [0, 0.05) is 10.7 Å². The van der Waals surface area contributed by atoms with Gasteiger partial charge in [0.25, 0.3) is 5.91 Å². The number of carbonyl (C=O) groups excluding carboxylic acids is 1. The monoisotopic (exact) mass is 384 g/mol. The fourth-order valence-electron chi connectivity index (χ4n) is 2.09. The summed E-state index contributed by atoms with van der Waals surface area (Å²) in [6.45, 7) is 1.88. The second-order valence-electron chi connectivity index (χ2n) is 5.22. The second kappa shape index (κ2) is 8.97. The number of ether oxygens (including phenoxy) is 1. The van der Waals surface area contributed by atoms with Crippen LogP contribution in [0, 0.1) is 30.6 Å². The molecular formula is C20H14Cl2N2O2. The molecule has 0 heterocycles. The smallest absolute Gasteiger partial charge is 0.266 e. The van der Waals surface area contributed by atoms with Gasteiger partial charge in [0.2, 0.25) is 0 Å². The number of anilines is 1. The van der Waals surface area contributed by atoms with Gasteiger partial charge < -0.3 is 10.1 Å². The normalized spacial score (nSPS) is 10.6. The van der Waals surface area contributed by atoms with Crippen molar-refractivity contribution in [2.75, 3.05) is 11.9 Å². The van der Waals surface area contributed by atoms with Gasteiger partial charge in [-0.2, -0.15) is 5.26 Å². The minimum atomic E-state index is -0.540. The third-order valence-electron chi connectivity index (χ3n) is 3.46. The minimum Gasteiger partial charge on any atom is -0.479 e. The number of amides is 1. The fourth-order valence-corrected chi connectivity index (χ4v) is 2.51. The molecule has 6 heteroatoms. The molecular weight excluding hydrogens is 371 g/mol. The lowest BCUT2D eigenvalue weighted by Gasteiger charge is -2.09. The Balaban J connectivity index is 2.23. The Bertz CT molecular complexity index is 953. The first-order valence-corrected chi connectivity index (χ1v) is 8.26. The number of benzene rings is 2. The van der Waals surface area contributed by atoms with Crippen LogP contribution >= 0.6 is 23.2 Å². The van der Waals surface area contributed by atoms with Crippen molar-refractivity contribution in [1.82, 2.24) is 0 Å². The number of halogens is 2. The quantitative estimate of drug-likeness (QED) is 0.454. The van der Waals surface area contributed by atoms with Gasteiger partial charge in [-0.1, -0.05) is 41.3 Å². The molecule has 4 nitrogen and oxygen atoms in total. The summed E-state index contributed by atoms with van der Waals surface area (Å²) in [6, 6.07) is 11.9. The van der Waals surface area contributed by atoms with E-state index in [4.69, 9.17) is 34.4 Å². The van der Waals surface area contributed by atoms with E-state index in [0.717, 1.165) is 5.56 Å². The van der Waals surface area contributed by atoms with Crippen LogP contribution in [0.25, 0.3) is 6.08 Å². The maximum absolute atomic E-state index is 12.4. The average Bonchev–Trinajstić information content (AvgIpc) is 2.62. The summed E-state index contributed by atoms with van der Waals surface area (Å²) < 4.78 is 5.28. The van der Waals surface area contributed by atoms with Crippen molar-refractivity contribution in [1.29, 1.82) is 5.26 Å². The molecule has 0 bridgehead atoms. The van der Waals surface area contributed by atoms with E-state index in [1.54, 1.807) is 43.3 Å². The Morgan fingerprint density at radius 2 is 2.08 bits per heavy atom. The van der Waals surface area contributed by atoms with Crippen LogP contribution in [0.3, 0.4) is 0 Å². The molecule has 0 aliphatic carbocycles. The number of rotatable bonds is 5. The van der Waals surface area contributed by atoms with E-state index in [-0.39, 0.29) is 12.2 Å². The molecule has 130 valence electrons. The Labute approximate surface area is 162 Å². The first-order chi connectivity index (χ1) is 12.5. The molecule has 0 saturated heterocycles. The topological polar surface area (TPSA) is 62.1 Å². The highest BCUT2D eigenvalue weighted by atomic mass is 35.5. The maximum Gasteiger partial charge on any atom is 0.266 e. The molecule has 1 amide bonds. The van der Waals surface area contributed by atoms with Crippen LogP contribution in [0.4, 0.5) is 5.69 Å². The number of nitrogens with one attached hydrogen (secondary N) is 1. The van der Waals surface area contributed by atoms with Crippen molar-refractivity contribution < 1.29 is 9.53 Å². The minimum absolute atomic E-state index is 0.0715. The van der Waals surface area contributed by atoms with E-state index in [2.05, 4.69) is 11.2 Å². The highest BCUT2D eigenvalue weighted by Crippen LogP contribution is 2.27. The molecule has 0 aromatic heterocycles. The van der Waals surface area contributed by atoms with Crippen molar-refractivity contribution in [2.45, 2.75) is 6.92 Å².